The molecule has 0 bridgehead atoms. The first-order chi connectivity index (χ1) is 13.5. The summed E-state index contributed by atoms with van der Waals surface area (Å²) in [7, 11) is 1.51. The lowest BCUT2D eigenvalue weighted by molar-refractivity contribution is 0.0734. The summed E-state index contributed by atoms with van der Waals surface area (Å²) < 4.78 is 16.2. The molecule has 0 aliphatic carbocycles. The molecule has 0 aliphatic rings. The van der Waals surface area contributed by atoms with Gasteiger partial charge >= 0.3 is 11.6 Å². The average molecular weight is 446 g/mol. The number of hydrogen-bond acceptors (Lipinski definition) is 6. The van der Waals surface area contributed by atoms with E-state index in [0.29, 0.717) is 17.6 Å². The van der Waals surface area contributed by atoms with E-state index >= 15 is 0 Å². The van der Waals surface area contributed by atoms with E-state index in [1.165, 1.54) is 19.2 Å². The molecule has 0 radical (unpaired) electrons. The predicted octanol–water partition coefficient (Wildman–Crippen LogP) is 3.15. The molecule has 0 saturated heterocycles. The molecule has 8 heteroatoms. The summed E-state index contributed by atoms with van der Waals surface area (Å²) in [6.45, 7) is 0.607. The van der Waals surface area contributed by atoms with Gasteiger partial charge in [-0.25, -0.2) is 9.59 Å². The van der Waals surface area contributed by atoms with Crippen molar-refractivity contribution in [1.29, 1.82) is 0 Å². The number of fused-ring (bicyclic) bond motifs is 1. The molecular formula is C20H16BrNO6. The van der Waals surface area contributed by atoms with Crippen LogP contribution in [0.4, 0.5) is 0 Å². The van der Waals surface area contributed by atoms with Crippen LogP contribution >= 0.6 is 15.9 Å². The quantitative estimate of drug-likeness (QED) is 0.271. The first kappa shape index (κ1) is 19.8. The van der Waals surface area contributed by atoms with Crippen molar-refractivity contribution in [3.8, 4) is 5.75 Å². The van der Waals surface area contributed by atoms with E-state index < -0.39 is 17.5 Å². The third kappa shape index (κ3) is 4.65. The molecule has 1 N–H and O–H groups in total. The van der Waals surface area contributed by atoms with Crippen molar-refractivity contribution in [3.63, 3.8) is 0 Å². The normalized spacial score (nSPS) is 10.6. The van der Waals surface area contributed by atoms with Gasteiger partial charge in [0, 0.05) is 29.6 Å². The lowest BCUT2D eigenvalue weighted by Gasteiger charge is -2.07. The Kier molecular flexibility index (Phi) is 6.23. The highest BCUT2D eigenvalue weighted by Gasteiger charge is 2.15. The zero-order chi connectivity index (χ0) is 20.1. The van der Waals surface area contributed by atoms with Crippen molar-refractivity contribution >= 4 is 38.8 Å². The van der Waals surface area contributed by atoms with Gasteiger partial charge in [0.2, 0.25) is 0 Å². The van der Waals surface area contributed by atoms with Crippen LogP contribution < -0.4 is 15.7 Å². The van der Waals surface area contributed by atoms with Crippen LogP contribution in [-0.4, -0.2) is 32.1 Å². The number of amides is 1. The van der Waals surface area contributed by atoms with Gasteiger partial charge in [0.25, 0.3) is 5.91 Å². The van der Waals surface area contributed by atoms with E-state index in [0.717, 1.165) is 4.47 Å². The summed E-state index contributed by atoms with van der Waals surface area (Å²) in [6, 6.07) is 12.7. The molecule has 144 valence electrons. The summed E-state index contributed by atoms with van der Waals surface area (Å²) in [5.41, 5.74) is -0.297. The monoisotopic (exact) mass is 445 g/mol. The number of carbonyl (C=O) groups is 2. The van der Waals surface area contributed by atoms with Crippen LogP contribution in [0.5, 0.6) is 5.75 Å². The number of nitrogens with one attached hydrogen (secondary N) is 1. The maximum absolute atomic E-state index is 12.2. The molecule has 7 nitrogen and oxygen atoms in total. The molecule has 1 heterocycles. The summed E-state index contributed by atoms with van der Waals surface area (Å²) in [6.07, 6.45) is 0. The van der Waals surface area contributed by atoms with Gasteiger partial charge < -0.3 is 19.2 Å². The number of halogens is 1. The van der Waals surface area contributed by atoms with Crippen molar-refractivity contribution in [2.75, 3.05) is 20.3 Å². The van der Waals surface area contributed by atoms with Gasteiger partial charge in [0.05, 0.1) is 12.2 Å². The van der Waals surface area contributed by atoms with Gasteiger partial charge in [-0.05, 0) is 42.5 Å². The summed E-state index contributed by atoms with van der Waals surface area (Å²) in [4.78, 5) is 36.4. The minimum atomic E-state index is -0.779. The standard InChI is InChI=1S/C20H16BrNO6/c1-26-9-8-22-18(23)16-10-13-4-7-15(11-17(13)28-20(16)25)27-19(24)12-2-5-14(21)6-3-12/h2-7,10-11H,8-9H2,1H3,(H,22,23). The molecule has 28 heavy (non-hydrogen) atoms. The zero-order valence-electron chi connectivity index (χ0n) is 14.9. The molecule has 1 amide bonds. The van der Waals surface area contributed by atoms with E-state index in [2.05, 4.69) is 21.2 Å². The van der Waals surface area contributed by atoms with E-state index in [1.807, 2.05) is 0 Å². The number of hydrogen-bond donors (Lipinski definition) is 1. The van der Waals surface area contributed by atoms with Gasteiger partial charge in [0.15, 0.2) is 0 Å². The Bertz CT molecular complexity index is 1070. The lowest BCUT2D eigenvalue weighted by Crippen LogP contribution is -2.30. The van der Waals surface area contributed by atoms with E-state index in [9.17, 15) is 14.4 Å². The van der Waals surface area contributed by atoms with Crippen molar-refractivity contribution in [3.05, 3.63) is 74.6 Å². The predicted molar refractivity (Wildman–Crippen MR) is 106 cm³/mol. The summed E-state index contributed by atoms with van der Waals surface area (Å²) in [5.74, 6) is -0.859. The maximum Gasteiger partial charge on any atom is 0.349 e. The molecule has 3 aromatic rings. The molecule has 0 atom stereocenters. The van der Waals surface area contributed by atoms with Crippen LogP contribution in [0.1, 0.15) is 20.7 Å². The maximum atomic E-state index is 12.2. The lowest BCUT2D eigenvalue weighted by atomic mass is 10.1. The van der Waals surface area contributed by atoms with E-state index in [1.54, 1.807) is 36.4 Å². The fourth-order valence-corrected chi connectivity index (χ4v) is 2.69. The fourth-order valence-electron chi connectivity index (χ4n) is 2.43. The highest BCUT2D eigenvalue weighted by Crippen LogP contribution is 2.22. The molecule has 1 aromatic heterocycles. The van der Waals surface area contributed by atoms with Gasteiger partial charge in [-0.2, -0.15) is 0 Å². The molecule has 3 rings (SSSR count). The molecule has 0 saturated carbocycles. The third-order valence-electron chi connectivity index (χ3n) is 3.83. The van der Waals surface area contributed by atoms with Crippen molar-refractivity contribution in [1.82, 2.24) is 5.32 Å². The first-order valence-electron chi connectivity index (χ1n) is 8.31. The molecule has 0 fully saturated rings. The molecule has 0 unspecified atom stereocenters. The number of rotatable bonds is 6. The average Bonchev–Trinajstić information content (AvgIpc) is 2.68. The van der Waals surface area contributed by atoms with E-state index in [4.69, 9.17) is 13.9 Å². The van der Waals surface area contributed by atoms with Gasteiger partial charge in [-0.1, -0.05) is 15.9 Å². The van der Waals surface area contributed by atoms with E-state index in [-0.39, 0.29) is 23.4 Å². The smallest absolute Gasteiger partial charge is 0.349 e. The van der Waals surface area contributed by atoms with Crippen LogP contribution in [0.2, 0.25) is 0 Å². The first-order valence-corrected chi connectivity index (χ1v) is 9.10. The van der Waals surface area contributed by atoms with Crippen molar-refractivity contribution in [2.45, 2.75) is 0 Å². The number of benzene rings is 2. The van der Waals surface area contributed by atoms with Gasteiger partial charge in [0.1, 0.15) is 16.9 Å². The van der Waals surface area contributed by atoms with Crippen molar-refractivity contribution in [2.24, 2.45) is 0 Å². The molecule has 0 spiro atoms. The Morgan fingerprint density at radius 2 is 1.86 bits per heavy atom. The Morgan fingerprint density at radius 3 is 2.57 bits per heavy atom. The minimum Gasteiger partial charge on any atom is -0.423 e. The fraction of sp³-hybridized carbons (Fsp3) is 0.150. The molecule has 2 aromatic carbocycles. The number of ether oxygens (including phenoxy) is 2. The highest BCUT2D eigenvalue weighted by atomic mass is 79.9. The second-order valence-electron chi connectivity index (χ2n) is 5.79. The Hall–Kier alpha value is -2.97. The molecule has 0 aliphatic heterocycles. The largest absolute Gasteiger partial charge is 0.423 e. The number of carbonyl (C=O) groups excluding carboxylic acids is 2. The van der Waals surface area contributed by atoms with Gasteiger partial charge in [-0.3, -0.25) is 4.79 Å². The van der Waals surface area contributed by atoms with Gasteiger partial charge in [-0.15, -0.1) is 0 Å². The Morgan fingerprint density at radius 1 is 1.11 bits per heavy atom. The van der Waals surface area contributed by atoms with Crippen LogP contribution in [0.25, 0.3) is 11.0 Å². The zero-order valence-corrected chi connectivity index (χ0v) is 16.4. The third-order valence-corrected chi connectivity index (χ3v) is 4.36. The van der Waals surface area contributed by atoms with Crippen LogP contribution in [0.3, 0.4) is 0 Å². The second-order valence-corrected chi connectivity index (χ2v) is 6.71. The van der Waals surface area contributed by atoms with Crippen LogP contribution in [0.15, 0.2) is 62.2 Å². The minimum absolute atomic E-state index is 0.108. The van der Waals surface area contributed by atoms with Crippen molar-refractivity contribution < 1.29 is 23.5 Å². The Balaban J connectivity index is 1.81. The summed E-state index contributed by atoms with van der Waals surface area (Å²) >= 11 is 3.30. The number of methoxy groups -OCH3 is 1. The highest BCUT2D eigenvalue weighted by molar-refractivity contribution is 9.10. The molecular weight excluding hydrogens is 430 g/mol. The second kappa shape index (κ2) is 8.81. The summed E-state index contributed by atoms with van der Waals surface area (Å²) in [5, 5.41) is 3.10. The topological polar surface area (TPSA) is 94.8 Å². The van der Waals surface area contributed by atoms with Crippen LogP contribution in [-0.2, 0) is 4.74 Å². The van der Waals surface area contributed by atoms with Crippen LogP contribution in [0, 0.1) is 0 Å². The Labute approximate surface area is 168 Å². The number of esters is 1. The SMILES string of the molecule is COCCNC(=O)c1cc2ccc(OC(=O)c3ccc(Br)cc3)cc2oc1=O.